The van der Waals surface area contributed by atoms with Crippen molar-refractivity contribution < 1.29 is 0 Å². The molecule has 1 fully saturated rings. The standard InChI is InChI=1S/C24H27N9/c25-7-1-8-28-23-21(19-14-30-33(16-19)20-4-9-27-10-5-20)15-29-24(31-23)32-11-6-18-12-17(13-26)2-3-22(18)32/h2-3,6,11-12,14-16,20,27H,1,4-5,7-10,25H2,(H,28,29,31). The van der Waals surface area contributed by atoms with Gasteiger partial charge in [-0.05, 0) is 63.2 Å². The van der Waals surface area contributed by atoms with Crippen LogP contribution in [0.1, 0.15) is 30.9 Å². The fourth-order valence-electron chi connectivity index (χ4n) is 4.28. The third-order valence-corrected chi connectivity index (χ3v) is 6.08. The average molecular weight is 442 g/mol. The molecule has 4 aromatic rings. The molecule has 1 saturated heterocycles. The molecule has 5 rings (SSSR count). The van der Waals surface area contributed by atoms with Crippen molar-refractivity contribution in [2.75, 3.05) is 31.5 Å². The lowest BCUT2D eigenvalue weighted by Crippen LogP contribution is -2.29. The number of rotatable bonds is 7. The van der Waals surface area contributed by atoms with E-state index in [9.17, 15) is 5.26 Å². The molecule has 3 aromatic heterocycles. The van der Waals surface area contributed by atoms with Gasteiger partial charge in [0.25, 0.3) is 0 Å². The van der Waals surface area contributed by atoms with Gasteiger partial charge in [0, 0.05) is 41.6 Å². The smallest absolute Gasteiger partial charge is 0.236 e. The highest BCUT2D eigenvalue weighted by molar-refractivity contribution is 5.83. The summed E-state index contributed by atoms with van der Waals surface area (Å²) in [6.45, 7) is 3.37. The van der Waals surface area contributed by atoms with Crippen molar-refractivity contribution in [3.05, 3.63) is 54.6 Å². The van der Waals surface area contributed by atoms with Crippen LogP contribution < -0.4 is 16.4 Å². The van der Waals surface area contributed by atoms with Gasteiger partial charge in [-0.1, -0.05) is 0 Å². The van der Waals surface area contributed by atoms with Crippen LogP contribution in [0.4, 0.5) is 5.82 Å². The van der Waals surface area contributed by atoms with Gasteiger partial charge in [-0.3, -0.25) is 9.25 Å². The van der Waals surface area contributed by atoms with Gasteiger partial charge in [0.2, 0.25) is 5.95 Å². The number of fused-ring (bicyclic) bond motifs is 1. The lowest BCUT2D eigenvalue weighted by molar-refractivity contribution is 0.343. The number of nitrogens with one attached hydrogen (secondary N) is 2. The molecule has 0 radical (unpaired) electrons. The topological polar surface area (TPSA) is 122 Å². The number of nitriles is 1. The van der Waals surface area contributed by atoms with E-state index in [1.165, 1.54) is 0 Å². The molecule has 0 saturated carbocycles. The van der Waals surface area contributed by atoms with Crippen LogP contribution in [0.25, 0.3) is 28.0 Å². The Bertz CT molecular complexity index is 1290. The number of hydrogen-bond acceptors (Lipinski definition) is 7. The maximum atomic E-state index is 9.18. The molecule has 9 nitrogen and oxygen atoms in total. The zero-order valence-electron chi connectivity index (χ0n) is 18.4. The van der Waals surface area contributed by atoms with Crippen LogP contribution in [-0.4, -0.2) is 50.5 Å². The Balaban J connectivity index is 1.50. The fraction of sp³-hybridized carbons (Fsp3) is 0.333. The first-order chi connectivity index (χ1) is 16.3. The Morgan fingerprint density at radius 2 is 2.09 bits per heavy atom. The molecule has 0 amide bonds. The van der Waals surface area contributed by atoms with Gasteiger partial charge in [0.05, 0.1) is 29.4 Å². The van der Waals surface area contributed by atoms with E-state index in [1.54, 1.807) is 0 Å². The number of hydrogen-bond donors (Lipinski definition) is 3. The van der Waals surface area contributed by atoms with Crippen LogP contribution in [0.15, 0.2) is 49.1 Å². The molecule has 4 N–H and O–H groups in total. The molecule has 1 aliphatic rings. The van der Waals surface area contributed by atoms with Crippen LogP contribution >= 0.6 is 0 Å². The van der Waals surface area contributed by atoms with E-state index < -0.39 is 0 Å². The van der Waals surface area contributed by atoms with E-state index in [2.05, 4.69) is 37.7 Å². The highest BCUT2D eigenvalue weighted by Gasteiger charge is 2.18. The predicted molar refractivity (Wildman–Crippen MR) is 128 cm³/mol. The molecule has 1 aromatic carbocycles. The van der Waals surface area contributed by atoms with Crippen molar-refractivity contribution in [2.45, 2.75) is 25.3 Å². The van der Waals surface area contributed by atoms with Crippen molar-refractivity contribution >= 4 is 16.7 Å². The van der Waals surface area contributed by atoms with E-state index in [1.807, 2.05) is 47.4 Å². The number of benzene rings is 1. The minimum Gasteiger partial charge on any atom is -0.369 e. The van der Waals surface area contributed by atoms with Gasteiger partial charge < -0.3 is 16.4 Å². The van der Waals surface area contributed by atoms with Crippen LogP contribution in [0.2, 0.25) is 0 Å². The Labute approximate surface area is 192 Å². The van der Waals surface area contributed by atoms with Gasteiger partial charge >= 0.3 is 0 Å². The SMILES string of the molecule is N#Cc1ccc2c(ccn2-c2ncc(-c3cnn(C4CCNCC4)c3)c(NCCCN)n2)c1. The number of aromatic nitrogens is 5. The third-order valence-electron chi connectivity index (χ3n) is 6.08. The molecular weight excluding hydrogens is 414 g/mol. The Morgan fingerprint density at radius 1 is 1.21 bits per heavy atom. The summed E-state index contributed by atoms with van der Waals surface area (Å²) in [5.41, 5.74) is 9.19. The van der Waals surface area contributed by atoms with Gasteiger partial charge in [0.1, 0.15) is 5.82 Å². The lowest BCUT2D eigenvalue weighted by Gasteiger charge is -2.22. The molecule has 1 aliphatic heterocycles. The molecular formula is C24H27N9. The maximum Gasteiger partial charge on any atom is 0.236 e. The average Bonchev–Trinajstić information content (AvgIpc) is 3.52. The second kappa shape index (κ2) is 9.40. The maximum absolute atomic E-state index is 9.18. The molecule has 168 valence electrons. The van der Waals surface area contributed by atoms with Crippen LogP contribution in [0.5, 0.6) is 0 Å². The quantitative estimate of drug-likeness (QED) is 0.377. The first kappa shape index (κ1) is 21.1. The summed E-state index contributed by atoms with van der Waals surface area (Å²) < 4.78 is 4.01. The lowest BCUT2D eigenvalue weighted by atomic mass is 10.1. The largest absolute Gasteiger partial charge is 0.369 e. The molecule has 0 aliphatic carbocycles. The minimum absolute atomic E-state index is 0.415. The first-order valence-electron chi connectivity index (χ1n) is 11.3. The molecule has 0 unspecified atom stereocenters. The van der Waals surface area contributed by atoms with Crippen LogP contribution in [0, 0.1) is 11.3 Å². The normalized spacial score (nSPS) is 14.4. The molecule has 0 atom stereocenters. The zero-order chi connectivity index (χ0) is 22.6. The molecule has 0 spiro atoms. The van der Waals surface area contributed by atoms with E-state index in [0.717, 1.165) is 66.7 Å². The fourth-order valence-corrected chi connectivity index (χ4v) is 4.28. The summed E-state index contributed by atoms with van der Waals surface area (Å²) in [4.78, 5) is 9.54. The molecule has 9 heteroatoms. The number of anilines is 1. The Morgan fingerprint density at radius 3 is 2.91 bits per heavy atom. The third kappa shape index (κ3) is 4.31. The summed E-state index contributed by atoms with van der Waals surface area (Å²) in [7, 11) is 0. The predicted octanol–water partition coefficient (Wildman–Crippen LogP) is 2.84. The van der Waals surface area contributed by atoms with E-state index in [-0.39, 0.29) is 0 Å². The summed E-state index contributed by atoms with van der Waals surface area (Å²) in [5, 5.41) is 21.6. The van der Waals surface area contributed by atoms with E-state index in [0.29, 0.717) is 24.1 Å². The van der Waals surface area contributed by atoms with Crippen molar-refractivity contribution in [1.29, 1.82) is 5.26 Å². The van der Waals surface area contributed by atoms with Gasteiger partial charge in [-0.25, -0.2) is 4.98 Å². The monoisotopic (exact) mass is 441 g/mol. The van der Waals surface area contributed by atoms with Crippen molar-refractivity contribution in [1.82, 2.24) is 29.6 Å². The van der Waals surface area contributed by atoms with Gasteiger partial charge in [0.15, 0.2) is 0 Å². The van der Waals surface area contributed by atoms with E-state index in [4.69, 9.17) is 10.7 Å². The highest BCUT2D eigenvalue weighted by Crippen LogP contribution is 2.29. The van der Waals surface area contributed by atoms with Gasteiger partial charge in [-0.15, -0.1) is 0 Å². The van der Waals surface area contributed by atoms with Crippen molar-refractivity contribution in [3.63, 3.8) is 0 Å². The summed E-state index contributed by atoms with van der Waals surface area (Å²) in [6.07, 6.45) is 10.8. The summed E-state index contributed by atoms with van der Waals surface area (Å²) >= 11 is 0. The second-order valence-electron chi connectivity index (χ2n) is 8.26. The Hall–Kier alpha value is -3.74. The summed E-state index contributed by atoms with van der Waals surface area (Å²) in [6, 6.07) is 10.2. The Kier molecular flexibility index (Phi) is 6.02. The van der Waals surface area contributed by atoms with Crippen LogP contribution in [0.3, 0.4) is 0 Å². The molecule has 4 heterocycles. The zero-order valence-corrected chi connectivity index (χ0v) is 18.4. The van der Waals surface area contributed by atoms with Crippen LogP contribution in [-0.2, 0) is 0 Å². The molecule has 0 bridgehead atoms. The number of nitrogens with zero attached hydrogens (tertiary/aromatic N) is 6. The molecule has 33 heavy (non-hydrogen) atoms. The van der Waals surface area contributed by atoms with Gasteiger partial charge in [-0.2, -0.15) is 15.3 Å². The summed E-state index contributed by atoms with van der Waals surface area (Å²) in [5.74, 6) is 1.33. The second-order valence-corrected chi connectivity index (χ2v) is 8.26. The van der Waals surface area contributed by atoms with Crippen molar-refractivity contribution in [3.8, 4) is 23.1 Å². The van der Waals surface area contributed by atoms with Crippen molar-refractivity contribution in [2.24, 2.45) is 5.73 Å². The highest BCUT2D eigenvalue weighted by atomic mass is 15.3. The first-order valence-corrected chi connectivity index (χ1v) is 11.3. The number of piperidine rings is 1. The minimum atomic E-state index is 0.415. The number of nitrogens with two attached hydrogens (primary N) is 1. The van der Waals surface area contributed by atoms with E-state index >= 15 is 0 Å².